The van der Waals surface area contributed by atoms with Gasteiger partial charge in [-0.1, -0.05) is 12.1 Å². The van der Waals surface area contributed by atoms with E-state index in [2.05, 4.69) is 15.6 Å². The monoisotopic (exact) mass is 544 g/mol. The summed E-state index contributed by atoms with van der Waals surface area (Å²) in [4.78, 5) is 5.60. The number of benzene rings is 1. The van der Waals surface area contributed by atoms with Crippen LogP contribution in [0.2, 0.25) is 0 Å². The lowest BCUT2D eigenvalue weighted by atomic mass is 10.1. The Morgan fingerprint density at radius 1 is 1.30 bits per heavy atom. The molecule has 0 saturated carbocycles. The highest BCUT2D eigenvalue weighted by Gasteiger charge is 2.34. The second-order valence-corrected chi connectivity index (χ2v) is 7.06. The number of ether oxygens (including phenoxy) is 2. The number of nitrogens with zero attached hydrogens (tertiary/aromatic N) is 2. The number of guanidine groups is 1. The Morgan fingerprint density at radius 2 is 2.07 bits per heavy atom. The molecule has 1 atom stereocenters. The van der Waals surface area contributed by atoms with E-state index in [1.165, 1.54) is 4.90 Å². The molecular formula is C20H32F3IN4O2. The maximum absolute atomic E-state index is 12.6. The molecule has 10 heteroatoms. The first-order valence-corrected chi connectivity index (χ1v) is 9.87. The van der Waals surface area contributed by atoms with Gasteiger partial charge in [0, 0.05) is 44.9 Å². The van der Waals surface area contributed by atoms with Crippen molar-refractivity contribution < 1.29 is 22.6 Å². The quantitative estimate of drug-likeness (QED) is 0.216. The van der Waals surface area contributed by atoms with Crippen molar-refractivity contribution in [2.24, 2.45) is 4.99 Å². The van der Waals surface area contributed by atoms with Crippen molar-refractivity contribution in [3.63, 3.8) is 0 Å². The van der Waals surface area contributed by atoms with Gasteiger partial charge in [-0.3, -0.25) is 9.89 Å². The van der Waals surface area contributed by atoms with Crippen LogP contribution < -0.4 is 15.4 Å². The molecule has 172 valence electrons. The topological polar surface area (TPSA) is 58.1 Å². The third kappa shape index (κ3) is 9.69. The fourth-order valence-corrected chi connectivity index (χ4v) is 3.21. The molecule has 0 spiro atoms. The second-order valence-electron chi connectivity index (χ2n) is 7.06. The van der Waals surface area contributed by atoms with Crippen LogP contribution in [0.25, 0.3) is 0 Å². The molecule has 1 unspecified atom stereocenters. The first-order chi connectivity index (χ1) is 13.8. The van der Waals surface area contributed by atoms with Gasteiger partial charge in [-0.2, -0.15) is 13.2 Å². The average molecular weight is 544 g/mol. The molecule has 1 heterocycles. The summed E-state index contributed by atoms with van der Waals surface area (Å²) in [7, 11) is 1.65. The number of aryl methyl sites for hydroxylation is 1. The van der Waals surface area contributed by atoms with Crippen LogP contribution in [0.15, 0.2) is 23.2 Å². The molecule has 1 fully saturated rings. The summed E-state index contributed by atoms with van der Waals surface area (Å²) >= 11 is 0. The van der Waals surface area contributed by atoms with Crippen LogP contribution in [0.3, 0.4) is 0 Å². The van der Waals surface area contributed by atoms with Gasteiger partial charge in [0.1, 0.15) is 12.4 Å². The molecule has 1 aromatic rings. The minimum Gasteiger partial charge on any atom is -0.491 e. The summed E-state index contributed by atoms with van der Waals surface area (Å²) in [5, 5.41) is 6.44. The molecule has 1 aromatic carbocycles. The average Bonchev–Trinajstić information content (AvgIpc) is 3.08. The lowest BCUT2D eigenvalue weighted by Gasteiger charge is -2.20. The van der Waals surface area contributed by atoms with Crippen molar-refractivity contribution in [1.82, 2.24) is 15.5 Å². The molecule has 1 saturated heterocycles. The molecule has 0 bridgehead atoms. The fourth-order valence-electron chi connectivity index (χ4n) is 3.21. The van der Waals surface area contributed by atoms with Crippen LogP contribution in [-0.2, 0) is 11.3 Å². The van der Waals surface area contributed by atoms with Crippen molar-refractivity contribution in [3.05, 3.63) is 29.3 Å². The molecule has 2 N–H and O–H groups in total. The van der Waals surface area contributed by atoms with E-state index in [0.29, 0.717) is 51.8 Å². The SMILES string of the molecule is CCOCCOc1cc(C)ccc1CNC(=NC)NC1CCN(CC(F)(F)F)C1.I. The van der Waals surface area contributed by atoms with Gasteiger partial charge in [-0.15, -0.1) is 24.0 Å². The summed E-state index contributed by atoms with van der Waals surface area (Å²) < 4.78 is 48.8. The van der Waals surface area contributed by atoms with E-state index in [4.69, 9.17) is 9.47 Å². The zero-order chi connectivity index (χ0) is 21.3. The van der Waals surface area contributed by atoms with E-state index >= 15 is 0 Å². The van der Waals surface area contributed by atoms with Crippen LogP contribution in [0, 0.1) is 6.92 Å². The van der Waals surface area contributed by atoms with E-state index in [0.717, 1.165) is 16.9 Å². The lowest BCUT2D eigenvalue weighted by Crippen LogP contribution is -2.44. The molecule has 1 aliphatic heterocycles. The standard InChI is InChI=1S/C20H31F3N4O2.HI/c1-4-28-9-10-29-18-11-15(2)5-6-16(18)12-25-19(24-3)26-17-7-8-27(13-17)14-20(21,22)23;/h5-6,11,17H,4,7-10,12-14H2,1-3H3,(H2,24,25,26);1H. The van der Waals surface area contributed by atoms with Crippen molar-refractivity contribution in [2.45, 2.75) is 39.0 Å². The zero-order valence-corrected chi connectivity index (χ0v) is 20.0. The molecule has 2 rings (SSSR count). The van der Waals surface area contributed by atoms with Gasteiger partial charge in [-0.05, 0) is 31.9 Å². The number of aliphatic imine (C=N–C) groups is 1. The van der Waals surface area contributed by atoms with Gasteiger partial charge >= 0.3 is 6.18 Å². The van der Waals surface area contributed by atoms with Crippen molar-refractivity contribution in [3.8, 4) is 5.75 Å². The lowest BCUT2D eigenvalue weighted by molar-refractivity contribution is -0.143. The Hall–Kier alpha value is -1.27. The third-order valence-corrected chi connectivity index (χ3v) is 4.60. The number of likely N-dealkylation sites (tertiary alicyclic amines) is 1. The molecule has 1 aliphatic rings. The molecule has 0 aliphatic carbocycles. The molecule has 0 amide bonds. The normalized spacial score (nSPS) is 17.5. The zero-order valence-electron chi connectivity index (χ0n) is 17.7. The van der Waals surface area contributed by atoms with Crippen molar-refractivity contribution in [1.29, 1.82) is 0 Å². The summed E-state index contributed by atoms with van der Waals surface area (Å²) in [6.07, 6.45) is -3.52. The first-order valence-electron chi connectivity index (χ1n) is 9.87. The third-order valence-electron chi connectivity index (χ3n) is 4.60. The summed E-state index contributed by atoms with van der Waals surface area (Å²) in [6, 6.07) is 5.91. The van der Waals surface area contributed by atoms with Crippen LogP contribution in [0.4, 0.5) is 13.2 Å². The Kier molecular flexibility index (Phi) is 11.8. The van der Waals surface area contributed by atoms with E-state index in [-0.39, 0.29) is 30.0 Å². The number of rotatable bonds is 9. The maximum atomic E-state index is 12.6. The van der Waals surface area contributed by atoms with E-state index in [1.54, 1.807) is 7.05 Å². The molecule has 6 nitrogen and oxygen atoms in total. The van der Waals surface area contributed by atoms with Crippen molar-refractivity contribution in [2.75, 3.05) is 46.5 Å². The maximum Gasteiger partial charge on any atom is 0.401 e. The van der Waals surface area contributed by atoms with Crippen molar-refractivity contribution >= 4 is 29.9 Å². The van der Waals surface area contributed by atoms with Gasteiger partial charge in [0.25, 0.3) is 0 Å². The first kappa shape index (κ1) is 26.8. The smallest absolute Gasteiger partial charge is 0.401 e. The highest BCUT2D eigenvalue weighted by Crippen LogP contribution is 2.21. The summed E-state index contributed by atoms with van der Waals surface area (Å²) in [6.45, 7) is 5.96. The van der Waals surface area contributed by atoms with Crippen LogP contribution in [0.5, 0.6) is 5.75 Å². The summed E-state index contributed by atoms with van der Waals surface area (Å²) in [5.41, 5.74) is 2.07. The minimum absolute atomic E-state index is 0. The van der Waals surface area contributed by atoms with Gasteiger partial charge in [-0.25, -0.2) is 0 Å². The fraction of sp³-hybridized carbons (Fsp3) is 0.650. The Balaban J connectivity index is 0.00000450. The van der Waals surface area contributed by atoms with E-state index < -0.39 is 12.7 Å². The Labute approximate surface area is 193 Å². The Bertz CT molecular complexity index is 674. The predicted octanol–water partition coefficient (Wildman–Crippen LogP) is 3.33. The number of nitrogens with one attached hydrogen (secondary N) is 2. The van der Waals surface area contributed by atoms with Crippen LogP contribution in [-0.4, -0.2) is 69.6 Å². The molecule has 30 heavy (non-hydrogen) atoms. The highest BCUT2D eigenvalue weighted by atomic mass is 127. The molecule has 0 aromatic heterocycles. The number of halogens is 4. The number of hydrogen-bond acceptors (Lipinski definition) is 4. The number of alkyl halides is 3. The van der Waals surface area contributed by atoms with Crippen LogP contribution in [0.1, 0.15) is 24.5 Å². The van der Waals surface area contributed by atoms with Gasteiger partial charge in [0.05, 0.1) is 13.2 Å². The largest absolute Gasteiger partial charge is 0.491 e. The van der Waals surface area contributed by atoms with Gasteiger partial charge in [0.2, 0.25) is 0 Å². The Morgan fingerprint density at radius 3 is 2.73 bits per heavy atom. The second kappa shape index (κ2) is 13.2. The van der Waals surface area contributed by atoms with Gasteiger partial charge < -0.3 is 20.1 Å². The highest BCUT2D eigenvalue weighted by molar-refractivity contribution is 14.0. The van der Waals surface area contributed by atoms with E-state index in [9.17, 15) is 13.2 Å². The van der Waals surface area contributed by atoms with Gasteiger partial charge in [0.15, 0.2) is 5.96 Å². The summed E-state index contributed by atoms with van der Waals surface area (Å²) in [5.74, 6) is 1.34. The molecular weight excluding hydrogens is 512 g/mol. The van der Waals surface area contributed by atoms with E-state index in [1.807, 2.05) is 32.0 Å². The minimum atomic E-state index is -4.17. The van der Waals surface area contributed by atoms with Crippen LogP contribution >= 0.6 is 24.0 Å². The predicted molar refractivity (Wildman–Crippen MR) is 123 cm³/mol. The number of hydrogen-bond donors (Lipinski definition) is 2. The molecule has 0 radical (unpaired) electrons.